The van der Waals surface area contributed by atoms with Crippen molar-refractivity contribution in [3.63, 3.8) is 0 Å². The van der Waals surface area contributed by atoms with Crippen molar-refractivity contribution in [3.8, 4) is 5.88 Å². The Balaban J connectivity index is 1.57. The summed E-state index contributed by atoms with van der Waals surface area (Å²) in [5, 5.41) is 3.63. The summed E-state index contributed by atoms with van der Waals surface area (Å²) in [7, 11) is 0. The molecular formula is C20H21N3O2. The topological polar surface area (TPSA) is 64.1 Å². The zero-order valence-electron chi connectivity index (χ0n) is 14.2. The lowest BCUT2D eigenvalue weighted by atomic mass is 10.1. The SMILES string of the molecule is CCCCc1ccc(NC(=O)COc2ncnc3ccccc23)cc1. The number of ether oxygens (including phenoxy) is 1. The number of anilines is 1. The first-order chi connectivity index (χ1) is 12.3. The molecule has 1 N–H and O–H groups in total. The molecule has 0 aliphatic carbocycles. The number of aryl methyl sites for hydroxylation is 1. The Morgan fingerprint density at radius 1 is 1.08 bits per heavy atom. The lowest BCUT2D eigenvalue weighted by Crippen LogP contribution is -2.20. The van der Waals surface area contributed by atoms with Gasteiger partial charge in [0.2, 0.25) is 5.88 Å². The molecule has 0 aliphatic rings. The van der Waals surface area contributed by atoms with Crippen molar-refractivity contribution in [2.45, 2.75) is 26.2 Å². The van der Waals surface area contributed by atoms with Crippen molar-refractivity contribution in [1.29, 1.82) is 0 Å². The van der Waals surface area contributed by atoms with Crippen LogP contribution in [0, 0.1) is 0 Å². The number of nitrogens with zero attached hydrogens (tertiary/aromatic N) is 2. The molecule has 0 atom stereocenters. The average Bonchev–Trinajstić information content (AvgIpc) is 2.66. The van der Waals surface area contributed by atoms with Gasteiger partial charge in [-0.15, -0.1) is 0 Å². The van der Waals surface area contributed by atoms with Gasteiger partial charge in [-0.25, -0.2) is 9.97 Å². The largest absolute Gasteiger partial charge is 0.467 e. The van der Waals surface area contributed by atoms with Crippen molar-refractivity contribution in [1.82, 2.24) is 9.97 Å². The van der Waals surface area contributed by atoms with Gasteiger partial charge in [0.15, 0.2) is 6.61 Å². The van der Waals surface area contributed by atoms with E-state index in [4.69, 9.17) is 4.74 Å². The van der Waals surface area contributed by atoms with E-state index in [2.05, 4.69) is 22.2 Å². The van der Waals surface area contributed by atoms with Crippen LogP contribution >= 0.6 is 0 Å². The Kier molecular flexibility index (Phi) is 5.57. The van der Waals surface area contributed by atoms with Crippen molar-refractivity contribution in [2.75, 3.05) is 11.9 Å². The van der Waals surface area contributed by atoms with Gasteiger partial charge in [-0.1, -0.05) is 37.6 Å². The van der Waals surface area contributed by atoms with Gasteiger partial charge in [-0.05, 0) is 42.7 Å². The highest BCUT2D eigenvalue weighted by atomic mass is 16.5. The van der Waals surface area contributed by atoms with E-state index in [1.165, 1.54) is 24.7 Å². The molecular weight excluding hydrogens is 314 g/mol. The first kappa shape index (κ1) is 16.9. The Morgan fingerprint density at radius 3 is 2.68 bits per heavy atom. The Labute approximate surface area is 147 Å². The lowest BCUT2D eigenvalue weighted by Gasteiger charge is -2.09. The summed E-state index contributed by atoms with van der Waals surface area (Å²) >= 11 is 0. The third kappa shape index (κ3) is 4.53. The van der Waals surface area contributed by atoms with Crippen LogP contribution < -0.4 is 10.1 Å². The van der Waals surface area contributed by atoms with Crippen molar-refractivity contribution >= 4 is 22.5 Å². The molecule has 2 aromatic carbocycles. The van der Waals surface area contributed by atoms with Gasteiger partial charge in [-0.3, -0.25) is 4.79 Å². The number of hydrogen-bond donors (Lipinski definition) is 1. The van der Waals surface area contributed by atoms with Crippen LogP contribution in [0.3, 0.4) is 0 Å². The summed E-state index contributed by atoms with van der Waals surface area (Å²) in [5.74, 6) is 0.194. The number of rotatable bonds is 7. The van der Waals surface area contributed by atoms with E-state index in [9.17, 15) is 4.79 Å². The predicted molar refractivity (Wildman–Crippen MR) is 98.7 cm³/mol. The highest BCUT2D eigenvalue weighted by molar-refractivity contribution is 5.92. The third-order valence-electron chi connectivity index (χ3n) is 3.90. The predicted octanol–water partition coefficient (Wildman–Crippen LogP) is 3.99. The van der Waals surface area contributed by atoms with E-state index >= 15 is 0 Å². The Bertz CT molecular complexity index is 842. The molecule has 0 spiro atoms. The maximum Gasteiger partial charge on any atom is 0.262 e. The second-order valence-electron chi connectivity index (χ2n) is 5.83. The molecule has 0 saturated heterocycles. The van der Waals surface area contributed by atoms with Crippen molar-refractivity contribution in [3.05, 3.63) is 60.4 Å². The van der Waals surface area contributed by atoms with Crippen molar-refractivity contribution in [2.24, 2.45) is 0 Å². The van der Waals surface area contributed by atoms with Crippen LogP contribution in [0.15, 0.2) is 54.9 Å². The number of carbonyl (C=O) groups is 1. The molecule has 0 bridgehead atoms. The molecule has 0 unspecified atom stereocenters. The maximum atomic E-state index is 12.1. The summed E-state index contributed by atoms with van der Waals surface area (Å²) in [6.07, 6.45) is 4.85. The first-order valence-corrected chi connectivity index (χ1v) is 8.47. The van der Waals surface area contributed by atoms with E-state index < -0.39 is 0 Å². The van der Waals surface area contributed by atoms with Gasteiger partial charge >= 0.3 is 0 Å². The Hall–Kier alpha value is -2.95. The number of hydrogen-bond acceptors (Lipinski definition) is 4. The molecule has 0 saturated carbocycles. The number of nitrogens with one attached hydrogen (secondary N) is 1. The molecule has 0 aliphatic heterocycles. The quantitative estimate of drug-likeness (QED) is 0.709. The molecule has 3 rings (SSSR count). The number of para-hydroxylation sites is 1. The third-order valence-corrected chi connectivity index (χ3v) is 3.90. The normalized spacial score (nSPS) is 10.6. The highest BCUT2D eigenvalue weighted by Gasteiger charge is 2.08. The summed E-state index contributed by atoms with van der Waals surface area (Å²) in [5.41, 5.74) is 2.83. The molecule has 0 radical (unpaired) electrons. The fourth-order valence-corrected chi connectivity index (χ4v) is 2.56. The number of benzene rings is 2. The molecule has 0 fully saturated rings. The van der Waals surface area contributed by atoms with Crippen LogP contribution in [-0.2, 0) is 11.2 Å². The van der Waals surface area contributed by atoms with Gasteiger partial charge in [-0.2, -0.15) is 0 Å². The van der Waals surface area contributed by atoms with Gasteiger partial charge < -0.3 is 10.1 Å². The van der Waals surface area contributed by atoms with E-state index in [-0.39, 0.29) is 12.5 Å². The number of amides is 1. The van der Waals surface area contributed by atoms with Crippen LogP contribution in [0.25, 0.3) is 10.9 Å². The van der Waals surface area contributed by atoms with E-state index in [1.807, 2.05) is 48.5 Å². The lowest BCUT2D eigenvalue weighted by molar-refractivity contribution is -0.118. The molecule has 5 nitrogen and oxygen atoms in total. The molecule has 3 aromatic rings. The van der Waals surface area contributed by atoms with Crippen LogP contribution in [0.4, 0.5) is 5.69 Å². The first-order valence-electron chi connectivity index (χ1n) is 8.47. The molecule has 5 heteroatoms. The van der Waals surface area contributed by atoms with E-state index in [0.717, 1.165) is 23.0 Å². The smallest absolute Gasteiger partial charge is 0.262 e. The number of aromatic nitrogens is 2. The molecule has 128 valence electrons. The zero-order chi connectivity index (χ0) is 17.5. The van der Waals surface area contributed by atoms with Crippen molar-refractivity contribution < 1.29 is 9.53 Å². The van der Waals surface area contributed by atoms with Gasteiger partial charge in [0, 0.05) is 5.69 Å². The number of fused-ring (bicyclic) bond motifs is 1. The fourth-order valence-electron chi connectivity index (χ4n) is 2.56. The van der Waals surface area contributed by atoms with E-state index in [1.54, 1.807) is 0 Å². The maximum absolute atomic E-state index is 12.1. The summed E-state index contributed by atoms with van der Waals surface area (Å²) < 4.78 is 5.57. The van der Waals surface area contributed by atoms with Gasteiger partial charge in [0.05, 0.1) is 10.9 Å². The minimum absolute atomic E-state index is 0.0986. The highest BCUT2D eigenvalue weighted by Crippen LogP contribution is 2.20. The molecule has 1 aromatic heterocycles. The second kappa shape index (κ2) is 8.24. The van der Waals surface area contributed by atoms with Crippen LogP contribution in [-0.4, -0.2) is 22.5 Å². The van der Waals surface area contributed by atoms with Crippen LogP contribution in [0.5, 0.6) is 5.88 Å². The molecule has 1 amide bonds. The summed E-state index contributed by atoms with van der Waals surface area (Å²) in [6, 6.07) is 15.5. The minimum atomic E-state index is -0.219. The van der Waals surface area contributed by atoms with E-state index in [0.29, 0.717) is 5.88 Å². The molecule has 25 heavy (non-hydrogen) atoms. The second-order valence-corrected chi connectivity index (χ2v) is 5.83. The van der Waals surface area contributed by atoms with Crippen LogP contribution in [0.2, 0.25) is 0 Å². The number of carbonyl (C=O) groups excluding carboxylic acids is 1. The minimum Gasteiger partial charge on any atom is -0.467 e. The van der Waals surface area contributed by atoms with Gasteiger partial charge in [0.1, 0.15) is 6.33 Å². The standard InChI is InChI=1S/C20H21N3O2/c1-2-3-6-15-9-11-16(12-10-15)23-19(24)13-25-20-17-7-4-5-8-18(17)21-14-22-20/h4-5,7-12,14H,2-3,6,13H2,1H3,(H,23,24). The fraction of sp³-hybridized carbons (Fsp3) is 0.250. The van der Waals surface area contributed by atoms with Crippen LogP contribution in [0.1, 0.15) is 25.3 Å². The number of unbranched alkanes of at least 4 members (excludes halogenated alkanes) is 1. The average molecular weight is 335 g/mol. The Morgan fingerprint density at radius 2 is 1.88 bits per heavy atom. The summed E-state index contributed by atoms with van der Waals surface area (Å²) in [6.45, 7) is 2.08. The van der Waals surface area contributed by atoms with Gasteiger partial charge in [0.25, 0.3) is 5.91 Å². The zero-order valence-corrected chi connectivity index (χ0v) is 14.2. The summed E-state index contributed by atoms with van der Waals surface area (Å²) in [4.78, 5) is 20.4. The monoisotopic (exact) mass is 335 g/mol. The molecule has 1 heterocycles.